The van der Waals surface area contributed by atoms with E-state index in [0.29, 0.717) is 5.75 Å². The van der Waals surface area contributed by atoms with Gasteiger partial charge in [0.15, 0.2) is 11.9 Å². The fourth-order valence-electron chi connectivity index (χ4n) is 1.75. The van der Waals surface area contributed by atoms with Crippen LogP contribution in [0.15, 0.2) is 28.8 Å². The zero-order valence-electron chi connectivity index (χ0n) is 11.1. The van der Waals surface area contributed by atoms with Crippen LogP contribution in [-0.4, -0.2) is 34.6 Å². The largest absolute Gasteiger partial charge is 0.496 e. The number of alkyl halides is 3. The number of hydrogen-bond acceptors (Lipinski definition) is 5. The number of benzene rings is 1. The van der Waals surface area contributed by atoms with E-state index in [2.05, 4.69) is 10.1 Å². The van der Waals surface area contributed by atoms with Crippen LogP contribution < -0.4 is 4.74 Å². The molecule has 1 atom stereocenters. The summed E-state index contributed by atoms with van der Waals surface area (Å²) in [6, 6.07) is 7.14. The number of aliphatic hydroxyl groups excluding tert-OH is 1. The van der Waals surface area contributed by atoms with E-state index in [4.69, 9.17) is 14.4 Å². The Hall–Kier alpha value is -2.09. The van der Waals surface area contributed by atoms with Gasteiger partial charge in [0, 0.05) is 12.0 Å². The summed E-state index contributed by atoms with van der Waals surface area (Å²) in [4.78, 5) is 3.84. The number of nitrogens with zero attached hydrogens (tertiary/aromatic N) is 2. The Morgan fingerprint density at radius 2 is 2.05 bits per heavy atom. The molecular formula is C13H13F3N2O3. The van der Waals surface area contributed by atoms with Crippen molar-refractivity contribution < 1.29 is 27.5 Å². The Morgan fingerprint density at radius 3 is 2.71 bits per heavy atom. The number of para-hydroxylation sites is 1. The average molecular weight is 302 g/mol. The van der Waals surface area contributed by atoms with Gasteiger partial charge in [-0.3, -0.25) is 0 Å². The zero-order valence-corrected chi connectivity index (χ0v) is 11.1. The maximum atomic E-state index is 12.2. The first-order chi connectivity index (χ1) is 9.90. The maximum Gasteiger partial charge on any atom is 0.414 e. The summed E-state index contributed by atoms with van der Waals surface area (Å²) in [6.45, 7) is 0. The minimum atomic E-state index is -4.71. The smallest absolute Gasteiger partial charge is 0.414 e. The fraction of sp³-hybridized carbons (Fsp3) is 0.385. The van der Waals surface area contributed by atoms with Crippen molar-refractivity contribution in [2.75, 3.05) is 7.11 Å². The topological polar surface area (TPSA) is 68.4 Å². The number of ether oxygens (including phenoxy) is 1. The van der Waals surface area contributed by atoms with Crippen molar-refractivity contribution in [3.05, 3.63) is 41.5 Å². The molecule has 0 saturated heterocycles. The summed E-state index contributed by atoms with van der Waals surface area (Å²) >= 11 is 0. The molecule has 0 amide bonds. The SMILES string of the molecule is COc1ccccc1Cc1noc(CC(O)C(F)(F)F)n1. The Bertz CT molecular complexity index is 598. The van der Waals surface area contributed by atoms with Crippen LogP contribution in [-0.2, 0) is 12.8 Å². The molecule has 1 aromatic heterocycles. The van der Waals surface area contributed by atoms with Gasteiger partial charge in [-0.05, 0) is 6.07 Å². The first kappa shape index (κ1) is 15.3. The van der Waals surface area contributed by atoms with Crippen LogP contribution in [0.3, 0.4) is 0 Å². The van der Waals surface area contributed by atoms with Crippen molar-refractivity contribution in [3.63, 3.8) is 0 Å². The molecule has 0 aliphatic heterocycles. The highest BCUT2D eigenvalue weighted by Crippen LogP contribution is 2.23. The second kappa shape index (κ2) is 6.13. The van der Waals surface area contributed by atoms with Gasteiger partial charge in [0.2, 0.25) is 5.89 Å². The Kier molecular flexibility index (Phi) is 4.46. The van der Waals surface area contributed by atoms with E-state index in [9.17, 15) is 13.2 Å². The molecule has 0 bridgehead atoms. The van der Waals surface area contributed by atoms with Gasteiger partial charge in [0.25, 0.3) is 0 Å². The minimum absolute atomic E-state index is 0.226. The van der Waals surface area contributed by atoms with Crippen molar-refractivity contribution in [2.45, 2.75) is 25.1 Å². The van der Waals surface area contributed by atoms with Crippen LogP contribution in [0.5, 0.6) is 5.75 Å². The average Bonchev–Trinajstić information content (AvgIpc) is 2.85. The molecule has 0 saturated carbocycles. The summed E-state index contributed by atoms with van der Waals surface area (Å²) in [6.07, 6.45) is -7.73. The van der Waals surface area contributed by atoms with Gasteiger partial charge in [-0.2, -0.15) is 18.2 Å². The molecule has 0 fully saturated rings. The highest BCUT2D eigenvalue weighted by Gasteiger charge is 2.39. The summed E-state index contributed by atoms with van der Waals surface area (Å²) in [5.74, 6) is 0.591. The molecular weight excluding hydrogens is 289 g/mol. The molecule has 21 heavy (non-hydrogen) atoms. The lowest BCUT2D eigenvalue weighted by atomic mass is 10.1. The van der Waals surface area contributed by atoms with Gasteiger partial charge in [0.1, 0.15) is 5.75 Å². The summed E-state index contributed by atoms with van der Waals surface area (Å²) in [5.41, 5.74) is 0.781. The molecule has 1 aromatic carbocycles. The lowest BCUT2D eigenvalue weighted by Crippen LogP contribution is -2.30. The van der Waals surface area contributed by atoms with Gasteiger partial charge in [-0.15, -0.1) is 0 Å². The number of hydrogen-bond donors (Lipinski definition) is 1. The normalized spacial score (nSPS) is 13.2. The quantitative estimate of drug-likeness (QED) is 0.916. The van der Waals surface area contributed by atoms with E-state index in [1.807, 2.05) is 0 Å². The number of methoxy groups -OCH3 is 1. The van der Waals surface area contributed by atoms with E-state index < -0.39 is 18.7 Å². The third-order valence-electron chi connectivity index (χ3n) is 2.80. The lowest BCUT2D eigenvalue weighted by molar-refractivity contribution is -0.204. The predicted molar refractivity (Wildman–Crippen MR) is 65.9 cm³/mol. The molecule has 1 N–H and O–H groups in total. The van der Waals surface area contributed by atoms with Crippen LogP contribution in [0.1, 0.15) is 17.3 Å². The van der Waals surface area contributed by atoms with Crippen LogP contribution in [0.2, 0.25) is 0 Å². The molecule has 2 rings (SSSR count). The Morgan fingerprint density at radius 1 is 1.33 bits per heavy atom. The molecule has 0 radical (unpaired) electrons. The lowest BCUT2D eigenvalue weighted by Gasteiger charge is -2.11. The van der Waals surface area contributed by atoms with Crippen LogP contribution >= 0.6 is 0 Å². The second-order valence-electron chi connectivity index (χ2n) is 4.35. The molecule has 0 aliphatic carbocycles. The number of aliphatic hydroxyl groups is 1. The highest BCUT2D eigenvalue weighted by molar-refractivity contribution is 5.35. The van der Waals surface area contributed by atoms with Crippen molar-refractivity contribution >= 4 is 0 Å². The number of halogens is 3. The standard InChI is InChI=1S/C13H13F3N2O3/c1-20-9-5-3-2-4-8(9)6-11-17-12(21-18-11)7-10(19)13(14,15)16/h2-5,10,19H,6-7H2,1H3. The highest BCUT2D eigenvalue weighted by atomic mass is 19.4. The van der Waals surface area contributed by atoms with Crippen LogP contribution in [0.25, 0.3) is 0 Å². The summed E-state index contributed by atoms with van der Waals surface area (Å²) < 4.78 is 46.6. The maximum absolute atomic E-state index is 12.2. The van der Waals surface area contributed by atoms with E-state index >= 15 is 0 Å². The van der Waals surface area contributed by atoms with Crippen molar-refractivity contribution in [1.82, 2.24) is 10.1 Å². The van der Waals surface area contributed by atoms with Crippen molar-refractivity contribution in [1.29, 1.82) is 0 Å². The van der Waals surface area contributed by atoms with Gasteiger partial charge >= 0.3 is 6.18 Å². The Labute approximate surface area is 118 Å². The zero-order chi connectivity index (χ0) is 15.5. The fourth-order valence-corrected chi connectivity index (χ4v) is 1.75. The molecule has 1 heterocycles. The van der Waals surface area contributed by atoms with Crippen molar-refractivity contribution in [2.24, 2.45) is 0 Å². The molecule has 0 aliphatic rings. The molecule has 114 valence electrons. The van der Waals surface area contributed by atoms with Gasteiger partial charge < -0.3 is 14.4 Å². The predicted octanol–water partition coefficient (Wildman–Crippen LogP) is 2.13. The molecule has 2 aromatic rings. The molecule has 0 spiro atoms. The monoisotopic (exact) mass is 302 g/mol. The van der Waals surface area contributed by atoms with E-state index in [0.717, 1.165) is 5.56 Å². The summed E-state index contributed by atoms with van der Waals surface area (Å²) in [7, 11) is 1.51. The first-order valence-electron chi connectivity index (χ1n) is 6.08. The number of aromatic nitrogens is 2. The van der Waals surface area contributed by atoms with Crippen LogP contribution in [0.4, 0.5) is 13.2 Å². The Balaban J connectivity index is 2.07. The van der Waals surface area contributed by atoms with Crippen molar-refractivity contribution in [3.8, 4) is 5.75 Å². The molecule has 5 nitrogen and oxygen atoms in total. The van der Waals surface area contributed by atoms with E-state index in [1.54, 1.807) is 24.3 Å². The molecule has 1 unspecified atom stereocenters. The second-order valence-corrected chi connectivity index (χ2v) is 4.35. The number of rotatable bonds is 5. The molecule has 8 heteroatoms. The van der Waals surface area contributed by atoms with Crippen LogP contribution in [0, 0.1) is 0 Å². The van der Waals surface area contributed by atoms with Gasteiger partial charge in [-0.25, -0.2) is 0 Å². The summed E-state index contributed by atoms with van der Waals surface area (Å²) in [5, 5.41) is 12.5. The minimum Gasteiger partial charge on any atom is -0.496 e. The van der Waals surface area contributed by atoms with E-state index in [1.165, 1.54) is 7.11 Å². The first-order valence-corrected chi connectivity index (χ1v) is 6.08. The van der Waals surface area contributed by atoms with Gasteiger partial charge in [0.05, 0.1) is 13.5 Å². The van der Waals surface area contributed by atoms with E-state index in [-0.39, 0.29) is 18.1 Å². The van der Waals surface area contributed by atoms with Gasteiger partial charge in [-0.1, -0.05) is 23.4 Å². The third kappa shape index (κ3) is 3.94. The third-order valence-corrected chi connectivity index (χ3v) is 2.80.